The van der Waals surface area contributed by atoms with E-state index in [1.165, 1.54) is 12.8 Å². The van der Waals surface area contributed by atoms with Crippen LogP contribution in [-0.2, 0) is 0 Å². The Morgan fingerprint density at radius 1 is 1.19 bits per heavy atom. The zero-order valence-electron chi connectivity index (χ0n) is 20.0. The van der Waals surface area contributed by atoms with Crippen molar-refractivity contribution in [2.24, 2.45) is 5.92 Å². The van der Waals surface area contributed by atoms with Crippen molar-refractivity contribution in [3.8, 4) is 22.6 Å². The van der Waals surface area contributed by atoms with E-state index in [0.717, 1.165) is 61.3 Å². The van der Waals surface area contributed by atoms with E-state index in [-0.39, 0.29) is 0 Å². The molecule has 5 aromatic rings. The van der Waals surface area contributed by atoms with E-state index in [1.807, 2.05) is 25.4 Å². The second-order valence-corrected chi connectivity index (χ2v) is 9.77. The summed E-state index contributed by atoms with van der Waals surface area (Å²) in [5, 5.41) is 16.4. The molecule has 1 aliphatic rings. The standard InChI is InChI=1S/C29H26N6S/c1-4-18(12-22(5-2)31-17(3)19-6-7-19)20-8-9-25-23(13-20)28(35-34-25)29-32-26-15-30-14-24(27(26)33-29)21-10-11-36-16-21/h4-5,8-16,19,31H,2-3,6-7H2,1H3,(H,32,33)(H,34,35)/b18-4+,22-12+. The highest BCUT2D eigenvalue weighted by Crippen LogP contribution is 2.35. The molecule has 0 radical (unpaired) electrons. The van der Waals surface area contributed by atoms with Gasteiger partial charge in [0.25, 0.3) is 0 Å². The third-order valence-corrected chi connectivity index (χ3v) is 7.25. The van der Waals surface area contributed by atoms with Crippen molar-refractivity contribution in [2.75, 3.05) is 0 Å². The number of thiophene rings is 1. The van der Waals surface area contributed by atoms with E-state index in [0.29, 0.717) is 11.7 Å². The van der Waals surface area contributed by atoms with Gasteiger partial charge in [0.05, 0.1) is 17.2 Å². The van der Waals surface area contributed by atoms with Crippen LogP contribution in [0.2, 0.25) is 0 Å². The number of imidazole rings is 1. The number of H-pyrrole nitrogens is 2. The van der Waals surface area contributed by atoms with Crippen LogP contribution < -0.4 is 5.32 Å². The summed E-state index contributed by atoms with van der Waals surface area (Å²) < 4.78 is 0. The Balaban J connectivity index is 1.39. The van der Waals surface area contributed by atoms with Gasteiger partial charge >= 0.3 is 0 Å². The van der Waals surface area contributed by atoms with Crippen LogP contribution in [0.1, 0.15) is 25.3 Å². The van der Waals surface area contributed by atoms with Gasteiger partial charge in [-0.1, -0.05) is 25.3 Å². The lowest BCUT2D eigenvalue weighted by molar-refractivity contribution is 0.865. The van der Waals surface area contributed by atoms with Crippen LogP contribution in [0.3, 0.4) is 0 Å². The highest BCUT2D eigenvalue weighted by molar-refractivity contribution is 7.08. The van der Waals surface area contributed by atoms with Gasteiger partial charge in [0.2, 0.25) is 0 Å². The fraction of sp³-hybridized carbons (Fsp3) is 0.138. The van der Waals surface area contributed by atoms with Crippen molar-refractivity contribution < 1.29 is 0 Å². The summed E-state index contributed by atoms with van der Waals surface area (Å²) in [6.07, 6.45) is 12.1. The second-order valence-electron chi connectivity index (χ2n) is 8.99. The lowest BCUT2D eigenvalue weighted by atomic mass is 10.0. The third kappa shape index (κ3) is 4.07. The van der Waals surface area contributed by atoms with Gasteiger partial charge in [-0.25, -0.2) is 4.98 Å². The van der Waals surface area contributed by atoms with Crippen LogP contribution in [0.25, 0.3) is 50.2 Å². The molecule has 0 bridgehead atoms. The molecule has 7 heteroatoms. The van der Waals surface area contributed by atoms with E-state index in [9.17, 15) is 0 Å². The molecule has 0 atom stereocenters. The Kier molecular flexibility index (Phi) is 5.62. The zero-order chi connectivity index (χ0) is 24.6. The second kappa shape index (κ2) is 9.09. The Morgan fingerprint density at radius 3 is 2.83 bits per heavy atom. The highest BCUT2D eigenvalue weighted by atomic mass is 32.1. The number of nitrogens with zero attached hydrogens (tertiary/aromatic N) is 3. The van der Waals surface area contributed by atoms with Gasteiger partial charge in [-0.3, -0.25) is 10.1 Å². The van der Waals surface area contributed by atoms with Crippen molar-refractivity contribution in [1.29, 1.82) is 0 Å². The van der Waals surface area contributed by atoms with Crippen LogP contribution >= 0.6 is 11.3 Å². The summed E-state index contributed by atoms with van der Waals surface area (Å²) >= 11 is 1.66. The number of fused-ring (bicyclic) bond motifs is 2. The maximum atomic E-state index is 4.94. The molecule has 1 saturated carbocycles. The molecule has 1 aromatic carbocycles. The molecular weight excluding hydrogens is 464 g/mol. The average molecular weight is 491 g/mol. The maximum Gasteiger partial charge on any atom is 0.159 e. The minimum Gasteiger partial charge on any atom is -0.359 e. The number of aromatic amines is 2. The molecular formula is C29H26N6S. The number of benzene rings is 1. The lowest BCUT2D eigenvalue weighted by Crippen LogP contribution is -2.11. The van der Waals surface area contributed by atoms with Crippen molar-refractivity contribution >= 4 is 38.8 Å². The first-order chi connectivity index (χ1) is 17.6. The quantitative estimate of drug-likeness (QED) is 0.201. The van der Waals surface area contributed by atoms with E-state index in [2.05, 4.69) is 85.8 Å². The van der Waals surface area contributed by atoms with E-state index in [4.69, 9.17) is 4.98 Å². The van der Waals surface area contributed by atoms with Crippen LogP contribution in [0.4, 0.5) is 0 Å². The molecule has 0 aliphatic heterocycles. The SMILES string of the molecule is C=C/C(=C\C(=C/C)c1ccc2[nH]nc(-c3nc4c(-c5ccsc5)cncc4[nH]3)c2c1)NC(=C)C1CC1. The number of hydrogen-bond donors (Lipinski definition) is 3. The van der Waals surface area contributed by atoms with Crippen LogP contribution in [0, 0.1) is 5.92 Å². The minimum atomic E-state index is 0.575. The zero-order valence-corrected chi connectivity index (χ0v) is 20.8. The smallest absolute Gasteiger partial charge is 0.159 e. The van der Waals surface area contributed by atoms with Gasteiger partial charge < -0.3 is 10.3 Å². The Morgan fingerprint density at radius 2 is 2.08 bits per heavy atom. The molecule has 4 heterocycles. The summed E-state index contributed by atoms with van der Waals surface area (Å²) in [5.41, 5.74) is 9.81. The Bertz CT molecular complexity index is 1660. The Labute approximate surface area is 213 Å². The summed E-state index contributed by atoms with van der Waals surface area (Å²) in [6.45, 7) is 10.2. The lowest BCUT2D eigenvalue weighted by Gasteiger charge is -2.11. The number of rotatable bonds is 8. The van der Waals surface area contributed by atoms with Crippen molar-refractivity contribution in [3.05, 3.63) is 95.8 Å². The number of hydrogen-bond acceptors (Lipinski definition) is 5. The van der Waals surface area contributed by atoms with Crippen LogP contribution in [0.15, 0.2) is 90.2 Å². The first kappa shape index (κ1) is 22.2. The molecule has 1 aliphatic carbocycles. The third-order valence-electron chi connectivity index (χ3n) is 6.56. The van der Waals surface area contributed by atoms with Gasteiger partial charge in [0, 0.05) is 28.5 Å². The summed E-state index contributed by atoms with van der Waals surface area (Å²) in [5.74, 6) is 1.29. The first-order valence-electron chi connectivity index (χ1n) is 12.0. The number of aromatic nitrogens is 5. The van der Waals surface area contributed by atoms with E-state index < -0.39 is 0 Å². The predicted molar refractivity (Wildman–Crippen MR) is 149 cm³/mol. The molecule has 0 saturated heterocycles. The summed E-state index contributed by atoms with van der Waals surface area (Å²) in [4.78, 5) is 12.8. The molecule has 6 rings (SSSR count). The number of nitrogens with one attached hydrogen (secondary N) is 3. The molecule has 3 N–H and O–H groups in total. The van der Waals surface area contributed by atoms with Crippen molar-refractivity contribution in [3.63, 3.8) is 0 Å². The van der Waals surface area contributed by atoms with Crippen molar-refractivity contribution in [1.82, 2.24) is 30.5 Å². The molecule has 4 aromatic heterocycles. The number of allylic oxidation sites excluding steroid dienone is 5. The van der Waals surface area contributed by atoms with Gasteiger partial charge in [-0.15, -0.1) is 0 Å². The fourth-order valence-corrected chi connectivity index (χ4v) is 5.07. The van der Waals surface area contributed by atoms with Crippen LogP contribution in [-0.4, -0.2) is 25.1 Å². The maximum absolute atomic E-state index is 4.94. The average Bonchev–Trinajstić information content (AvgIpc) is 3.28. The number of pyridine rings is 1. The molecule has 0 amide bonds. The molecule has 178 valence electrons. The molecule has 6 nitrogen and oxygen atoms in total. The predicted octanol–water partition coefficient (Wildman–Crippen LogP) is 7.22. The van der Waals surface area contributed by atoms with E-state index >= 15 is 0 Å². The largest absolute Gasteiger partial charge is 0.359 e. The summed E-state index contributed by atoms with van der Waals surface area (Å²) in [7, 11) is 0. The van der Waals surface area contributed by atoms with Gasteiger partial charge in [0.1, 0.15) is 11.2 Å². The van der Waals surface area contributed by atoms with Crippen molar-refractivity contribution in [2.45, 2.75) is 19.8 Å². The Hall–Kier alpha value is -4.23. The normalized spacial score (nSPS) is 14.5. The molecule has 36 heavy (non-hydrogen) atoms. The highest BCUT2D eigenvalue weighted by Gasteiger charge is 2.24. The molecule has 0 unspecified atom stereocenters. The first-order valence-corrected chi connectivity index (χ1v) is 12.9. The van der Waals surface area contributed by atoms with Gasteiger partial charge in [-0.05, 0) is 83.5 Å². The minimum absolute atomic E-state index is 0.575. The molecule has 0 spiro atoms. The topological polar surface area (TPSA) is 82.3 Å². The van der Waals surface area contributed by atoms with Gasteiger partial charge in [-0.2, -0.15) is 16.4 Å². The van der Waals surface area contributed by atoms with Crippen LogP contribution in [0.5, 0.6) is 0 Å². The monoisotopic (exact) mass is 490 g/mol. The van der Waals surface area contributed by atoms with Gasteiger partial charge in [0.15, 0.2) is 5.82 Å². The molecule has 1 fully saturated rings. The van der Waals surface area contributed by atoms with E-state index in [1.54, 1.807) is 11.3 Å². The summed E-state index contributed by atoms with van der Waals surface area (Å²) in [6, 6.07) is 8.40. The fourth-order valence-electron chi connectivity index (χ4n) is 4.41.